The average Bonchev–Trinajstić information content (AvgIpc) is 3.40. The molecule has 2 aromatic rings. The zero-order valence-electron chi connectivity index (χ0n) is 31.8. The highest BCUT2D eigenvalue weighted by Crippen LogP contribution is 2.48. The fraction of sp³-hybridized carbons (Fsp3) is 0.564. The van der Waals surface area contributed by atoms with Crippen LogP contribution in [0.2, 0.25) is 0 Å². The smallest absolute Gasteiger partial charge is 0.410 e. The van der Waals surface area contributed by atoms with Crippen LogP contribution < -0.4 is 15.4 Å². The lowest BCUT2D eigenvalue weighted by Crippen LogP contribution is -2.58. The molecule has 3 N–H and O–H groups in total. The van der Waals surface area contributed by atoms with Crippen molar-refractivity contribution in [2.45, 2.75) is 127 Å². The Bertz CT molecular complexity index is 1980. The highest BCUT2D eigenvalue weighted by atomic mass is 32.2. The summed E-state index contributed by atoms with van der Waals surface area (Å²) in [7, 11) is -4.33. The first-order valence-corrected chi connectivity index (χ1v) is 20.7. The van der Waals surface area contributed by atoms with E-state index in [9.17, 15) is 41.2 Å². The monoisotopic (exact) mass is 801 g/mol. The first kappa shape index (κ1) is 40.9. The third-order valence-electron chi connectivity index (χ3n) is 10.7. The highest BCUT2D eigenvalue weighted by molar-refractivity contribution is 7.89. The molecule has 3 aliphatic heterocycles. The van der Waals surface area contributed by atoms with Crippen LogP contribution in [0, 0.1) is 17.6 Å². The average molecular weight is 802 g/mol. The van der Waals surface area contributed by atoms with Gasteiger partial charge in [-0.3, -0.25) is 24.0 Å². The minimum Gasteiger partial charge on any atom is -0.444 e. The van der Waals surface area contributed by atoms with Crippen molar-refractivity contribution in [2.24, 2.45) is 5.92 Å². The van der Waals surface area contributed by atoms with Crippen LogP contribution in [0.4, 0.5) is 18.4 Å². The molecular weight excluding hydrogens is 753 g/mol. The molecule has 5 atom stereocenters. The summed E-state index contributed by atoms with van der Waals surface area (Å²) in [6.07, 6.45) is 1.72. The number of nitrogens with one attached hydrogen (secondary N) is 3. The van der Waals surface area contributed by atoms with Gasteiger partial charge in [-0.15, -0.1) is 0 Å². The summed E-state index contributed by atoms with van der Waals surface area (Å²) in [5.74, 6) is -4.50. The van der Waals surface area contributed by atoms with Crippen LogP contribution in [0.15, 0.2) is 42.5 Å². The summed E-state index contributed by atoms with van der Waals surface area (Å²) in [4.78, 5) is 71.4. The lowest BCUT2D eigenvalue weighted by molar-refractivity contribution is -0.141. The molecule has 5 amide bonds. The van der Waals surface area contributed by atoms with E-state index in [1.165, 1.54) is 34.1 Å². The molecule has 0 bridgehead atoms. The van der Waals surface area contributed by atoms with Crippen LogP contribution in [-0.2, 0) is 52.7 Å². The molecule has 3 fully saturated rings. The van der Waals surface area contributed by atoms with Crippen molar-refractivity contribution >= 4 is 39.9 Å². The molecule has 0 spiro atoms. The number of nitrogens with zero attached hydrogens (tertiary/aromatic N) is 2. The molecule has 304 valence electrons. The van der Waals surface area contributed by atoms with Crippen molar-refractivity contribution in [3.05, 3.63) is 70.8 Å². The Balaban J connectivity index is 1.24. The molecule has 56 heavy (non-hydrogen) atoms. The van der Waals surface area contributed by atoms with Gasteiger partial charge in [0.25, 0.3) is 5.91 Å². The lowest BCUT2D eigenvalue weighted by Gasteiger charge is -2.30. The number of hydrogen-bond donors (Lipinski definition) is 3. The van der Waals surface area contributed by atoms with E-state index in [0.29, 0.717) is 30.4 Å². The molecule has 17 heteroatoms. The van der Waals surface area contributed by atoms with Crippen LogP contribution in [0.3, 0.4) is 0 Å². The molecule has 2 saturated heterocycles. The number of rotatable bonds is 6. The van der Waals surface area contributed by atoms with Gasteiger partial charge in [0.2, 0.25) is 21.8 Å². The minimum atomic E-state index is -4.33. The van der Waals surface area contributed by atoms with E-state index < -0.39 is 92.6 Å². The number of carbonyl (C=O) groups is 5. The van der Waals surface area contributed by atoms with Crippen LogP contribution in [-0.4, -0.2) is 84.0 Å². The zero-order valence-corrected chi connectivity index (χ0v) is 32.6. The van der Waals surface area contributed by atoms with E-state index in [1.54, 1.807) is 32.9 Å². The fourth-order valence-corrected chi connectivity index (χ4v) is 9.02. The topological polar surface area (TPSA) is 181 Å². The van der Waals surface area contributed by atoms with Gasteiger partial charge >= 0.3 is 12.2 Å². The second-order valence-electron chi connectivity index (χ2n) is 16.2. The van der Waals surface area contributed by atoms with Gasteiger partial charge in [-0.25, -0.2) is 26.8 Å². The minimum absolute atomic E-state index is 0.0247. The van der Waals surface area contributed by atoms with Crippen LogP contribution in [0.25, 0.3) is 0 Å². The second-order valence-corrected chi connectivity index (χ2v) is 17.9. The van der Waals surface area contributed by atoms with Crippen molar-refractivity contribution in [1.29, 1.82) is 0 Å². The Morgan fingerprint density at radius 3 is 2.41 bits per heavy atom. The maximum absolute atomic E-state index is 14.5. The van der Waals surface area contributed by atoms with Gasteiger partial charge in [0, 0.05) is 18.5 Å². The molecule has 3 heterocycles. The Morgan fingerprint density at radius 1 is 0.982 bits per heavy atom. The van der Waals surface area contributed by atoms with E-state index in [4.69, 9.17) is 9.47 Å². The molecule has 6 rings (SSSR count). The standard InChI is InChI=1S/C39H49F2N5O9S/c1-38(2,3)55-36(50)42-31-16-8-6-4-5-7-13-26-19-39(26,35(49)44-56(52,53)23-24-11-9-14-27(40)17-24)43-33(47)32-18-28(21-46(32)34(31)48)54-37(51)45-20-25-12-10-15-30(41)29(25)22-45/h9-12,14-15,17,26,28,31-32H,4-8,13,16,18-23H2,1-3H3,(H,42,50)(H,43,47)(H,44,49)/t26-,28+,31-,32-,39+/m0/s1. The van der Waals surface area contributed by atoms with E-state index in [2.05, 4.69) is 15.4 Å². The molecule has 1 aliphatic carbocycles. The SMILES string of the molecule is CC(C)(C)OC(=O)N[C@H]1CCCCCCC[C@H]2C[C@@]2(C(=O)NS(=O)(=O)Cc2cccc(F)c2)NC(=O)[C@@H]2C[C@@H](OC(=O)N3Cc4cccc(F)c4C3)CN2C1=O. The molecule has 0 aromatic heterocycles. The van der Waals surface area contributed by atoms with E-state index in [-0.39, 0.29) is 44.5 Å². The third kappa shape index (κ3) is 9.76. The van der Waals surface area contributed by atoms with Gasteiger partial charge in [-0.1, -0.05) is 56.4 Å². The maximum atomic E-state index is 14.5. The van der Waals surface area contributed by atoms with Crippen molar-refractivity contribution in [3.8, 4) is 0 Å². The second kappa shape index (κ2) is 16.4. The lowest BCUT2D eigenvalue weighted by atomic mass is 10.0. The molecule has 2 aromatic carbocycles. The number of ether oxygens (including phenoxy) is 2. The van der Waals surface area contributed by atoms with Crippen LogP contribution in [0.5, 0.6) is 0 Å². The number of fused-ring (bicyclic) bond motifs is 3. The molecule has 0 radical (unpaired) electrons. The van der Waals surface area contributed by atoms with Gasteiger partial charge in [0.15, 0.2) is 0 Å². The van der Waals surface area contributed by atoms with Gasteiger partial charge in [-0.05, 0) is 75.3 Å². The van der Waals surface area contributed by atoms with E-state index >= 15 is 0 Å². The Hall–Kier alpha value is -4.80. The normalized spacial score (nSPS) is 25.7. The molecule has 1 saturated carbocycles. The Labute approximate surface area is 325 Å². The number of alkyl carbamates (subject to hydrolysis) is 1. The maximum Gasteiger partial charge on any atom is 0.410 e. The van der Waals surface area contributed by atoms with Gasteiger partial charge in [-0.2, -0.15) is 0 Å². The number of sulfonamides is 1. The van der Waals surface area contributed by atoms with Crippen molar-refractivity contribution < 1.29 is 50.6 Å². The van der Waals surface area contributed by atoms with Crippen molar-refractivity contribution in [2.75, 3.05) is 6.54 Å². The molecular formula is C39H49F2N5O9S. The predicted molar refractivity (Wildman–Crippen MR) is 198 cm³/mol. The van der Waals surface area contributed by atoms with Crippen LogP contribution >= 0.6 is 0 Å². The Kier molecular flexibility index (Phi) is 11.9. The number of benzene rings is 2. The fourth-order valence-electron chi connectivity index (χ4n) is 7.86. The summed E-state index contributed by atoms with van der Waals surface area (Å²) < 4.78 is 67.9. The van der Waals surface area contributed by atoms with Gasteiger partial charge < -0.3 is 25.0 Å². The first-order valence-electron chi connectivity index (χ1n) is 19.1. The van der Waals surface area contributed by atoms with Crippen molar-refractivity contribution in [3.63, 3.8) is 0 Å². The molecule has 4 aliphatic rings. The summed E-state index contributed by atoms with van der Waals surface area (Å²) in [5, 5.41) is 5.45. The number of halogens is 2. The molecule has 14 nitrogen and oxygen atoms in total. The van der Waals surface area contributed by atoms with Gasteiger partial charge in [0.05, 0.1) is 18.8 Å². The number of amides is 5. The van der Waals surface area contributed by atoms with Crippen molar-refractivity contribution in [1.82, 2.24) is 25.2 Å². The summed E-state index contributed by atoms with van der Waals surface area (Å²) in [5.41, 5.74) is -1.35. The third-order valence-corrected chi connectivity index (χ3v) is 11.9. The largest absolute Gasteiger partial charge is 0.444 e. The van der Waals surface area contributed by atoms with Crippen LogP contribution in [0.1, 0.15) is 95.2 Å². The number of hydrogen-bond acceptors (Lipinski definition) is 9. The zero-order chi connectivity index (χ0) is 40.4. The summed E-state index contributed by atoms with van der Waals surface area (Å²) in [6.45, 7) is 4.90. The summed E-state index contributed by atoms with van der Waals surface area (Å²) in [6, 6.07) is 7.17. The highest BCUT2D eigenvalue weighted by Gasteiger charge is 2.62. The first-order chi connectivity index (χ1) is 26.4. The number of carbonyl (C=O) groups excluding carboxylic acids is 5. The van der Waals surface area contributed by atoms with E-state index in [1.807, 2.05) is 0 Å². The Morgan fingerprint density at radius 2 is 1.70 bits per heavy atom. The quantitative estimate of drug-likeness (QED) is 0.378. The summed E-state index contributed by atoms with van der Waals surface area (Å²) >= 11 is 0. The molecule has 0 unspecified atom stereocenters. The predicted octanol–water partition coefficient (Wildman–Crippen LogP) is 4.55. The van der Waals surface area contributed by atoms with Gasteiger partial charge in [0.1, 0.15) is 41.0 Å². The van der Waals surface area contributed by atoms with E-state index in [0.717, 1.165) is 25.3 Å².